The van der Waals surface area contributed by atoms with Gasteiger partial charge in [-0.05, 0) is 72.2 Å². The number of nitrogens with zero attached hydrogens (tertiary/aromatic N) is 1. The Morgan fingerprint density at radius 3 is 2.50 bits per heavy atom. The lowest BCUT2D eigenvalue weighted by atomic mass is 9.96. The Morgan fingerprint density at radius 2 is 1.81 bits per heavy atom. The van der Waals surface area contributed by atoms with Gasteiger partial charge in [0.25, 0.3) is 0 Å². The van der Waals surface area contributed by atoms with Gasteiger partial charge in [0, 0.05) is 31.0 Å². The summed E-state index contributed by atoms with van der Waals surface area (Å²) >= 11 is 0. The van der Waals surface area contributed by atoms with Gasteiger partial charge < -0.3 is 19.5 Å². The van der Waals surface area contributed by atoms with Crippen LogP contribution in [-0.2, 0) is 9.53 Å². The normalized spacial score (nSPS) is 13.9. The van der Waals surface area contributed by atoms with Crippen LogP contribution in [0.1, 0.15) is 45.6 Å². The number of hydrogen-bond acceptors (Lipinski definition) is 4. The second-order valence-electron chi connectivity index (χ2n) is 8.68. The summed E-state index contributed by atoms with van der Waals surface area (Å²) in [5.74, 6) is 0.518. The Balaban J connectivity index is 1.83. The lowest BCUT2D eigenvalue weighted by molar-refractivity contribution is -0.132. The summed E-state index contributed by atoms with van der Waals surface area (Å²) in [6, 6.07) is 14.4. The maximum Gasteiger partial charge on any atom is 0.331 e. The van der Waals surface area contributed by atoms with E-state index in [2.05, 4.69) is 43.9 Å². The molecule has 1 N–H and O–H groups in total. The minimum Gasteiger partial charge on any atom is -0.491 e. The fourth-order valence-electron chi connectivity index (χ4n) is 3.99. The molecule has 1 aliphatic rings. The molecule has 1 aliphatic heterocycles. The zero-order chi connectivity index (χ0) is 22.9. The van der Waals surface area contributed by atoms with Crippen LogP contribution in [0, 0.1) is 5.92 Å². The van der Waals surface area contributed by atoms with Crippen LogP contribution < -0.4 is 9.64 Å². The number of aliphatic carboxylic acids is 1. The highest BCUT2D eigenvalue weighted by molar-refractivity contribution is 5.94. The maximum absolute atomic E-state index is 11.7. The quantitative estimate of drug-likeness (QED) is 0.470. The third-order valence-electron chi connectivity index (χ3n) is 5.46. The van der Waals surface area contributed by atoms with Crippen molar-refractivity contribution in [3.63, 3.8) is 0 Å². The number of hydrogen-bond donors (Lipinski definition) is 1. The zero-order valence-electron chi connectivity index (χ0n) is 19.5. The second kappa shape index (κ2) is 11.7. The first kappa shape index (κ1) is 23.9. The molecule has 1 heterocycles. The molecule has 5 heteroatoms. The van der Waals surface area contributed by atoms with Crippen LogP contribution in [0.15, 0.2) is 48.0 Å². The molecule has 0 fully saturated rings. The summed E-state index contributed by atoms with van der Waals surface area (Å²) in [5.41, 5.74) is 4.68. The summed E-state index contributed by atoms with van der Waals surface area (Å²) in [5, 5.41) is 9.62. The lowest BCUT2D eigenvalue weighted by Gasteiger charge is -2.30. The zero-order valence-corrected chi connectivity index (χ0v) is 19.5. The van der Waals surface area contributed by atoms with Gasteiger partial charge in [-0.1, -0.05) is 39.0 Å². The van der Waals surface area contributed by atoms with Crippen molar-refractivity contribution in [2.24, 2.45) is 5.92 Å². The van der Waals surface area contributed by atoms with E-state index in [1.807, 2.05) is 30.3 Å². The van der Waals surface area contributed by atoms with Crippen molar-refractivity contribution in [3.8, 4) is 16.9 Å². The van der Waals surface area contributed by atoms with E-state index in [1.165, 1.54) is 0 Å². The predicted octanol–water partition coefficient (Wildman–Crippen LogP) is 5.88. The van der Waals surface area contributed by atoms with Crippen LogP contribution in [0.25, 0.3) is 17.2 Å². The molecule has 0 aliphatic carbocycles. The Kier molecular flexibility index (Phi) is 8.74. The molecule has 172 valence electrons. The van der Waals surface area contributed by atoms with Gasteiger partial charge in [0.2, 0.25) is 0 Å². The molecule has 0 bridgehead atoms. The van der Waals surface area contributed by atoms with Crippen molar-refractivity contribution in [1.29, 1.82) is 0 Å². The number of carboxylic acids is 1. The lowest BCUT2D eigenvalue weighted by Crippen LogP contribution is -2.30. The first-order valence-corrected chi connectivity index (χ1v) is 11.6. The number of anilines is 1. The van der Waals surface area contributed by atoms with Crippen molar-refractivity contribution in [3.05, 3.63) is 53.6 Å². The van der Waals surface area contributed by atoms with Gasteiger partial charge in [-0.2, -0.15) is 0 Å². The van der Waals surface area contributed by atoms with Crippen LogP contribution in [0.4, 0.5) is 5.69 Å². The molecule has 32 heavy (non-hydrogen) atoms. The number of ether oxygens (including phenoxy) is 2. The van der Waals surface area contributed by atoms with E-state index in [-0.39, 0.29) is 0 Å². The molecule has 0 radical (unpaired) electrons. The third-order valence-corrected chi connectivity index (χ3v) is 5.46. The van der Waals surface area contributed by atoms with Crippen molar-refractivity contribution in [2.75, 3.05) is 37.8 Å². The van der Waals surface area contributed by atoms with Gasteiger partial charge >= 0.3 is 5.97 Å². The van der Waals surface area contributed by atoms with Gasteiger partial charge in [0.15, 0.2) is 0 Å². The predicted molar refractivity (Wildman–Crippen MR) is 130 cm³/mol. The van der Waals surface area contributed by atoms with E-state index in [1.54, 1.807) is 0 Å². The highest BCUT2D eigenvalue weighted by Gasteiger charge is 2.18. The molecule has 0 unspecified atom stereocenters. The monoisotopic (exact) mass is 437 g/mol. The Labute approximate surface area is 191 Å². The minimum atomic E-state index is -0.830. The average Bonchev–Trinajstić information content (AvgIpc) is 2.76. The topological polar surface area (TPSA) is 59.0 Å². The standard InChI is InChI=1S/C27H35NO4/c1-4-14-31-15-16-32-25-10-7-21(8-11-25)22-9-12-26-24(17-22)18-23(27(29)30)6-5-13-28(26)19-20(2)3/h7-12,17-18,20H,4-6,13-16,19H2,1-3H3,(H,29,30). The average molecular weight is 438 g/mol. The van der Waals surface area contributed by atoms with E-state index < -0.39 is 5.97 Å². The third kappa shape index (κ3) is 6.60. The molecule has 0 amide bonds. The SMILES string of the molecule is CCCOCCOc1ccc(-c2ccc3c(c2)C=C(C(=O)O)CCCN3CC(C)C)cc1. The fraction of sp³-hybridized carbons (Fsp3) is 0.444. The molecule has 5 nitrogen and oxygen atoms in total. The number of carboxylic acid groups (broad SMARTS) is 1. The van der Waals surface area contributed by atoms with E-state index in [4.69, 9.17) is 9.47 Å². The van der Waals surface area contributed by atoms with Gasteiger partial charge in [-0.25, -0.2) is 4.79 Å². The molecular weight excluding hydrogens is 402 g/mol. The molecule has 2 aromatic carbocycles. The first-order chi connectivity index (χ1) is 15.5. The number of carbonyl (C=O) groups is 1. The molecule has 0 saturated carbocycles. The molecule has 2 aromatic rings. The van der Waals surface area contributed by atoms with E-state index in [9.17, 15) is 9.90 Å². The van der Waals surface area contributed by atoms with Crippen LogP contribution in [0.2, 0.25) is 0 Å². The largest absolute Gasteiger partial charge is 0.491 e. The van der Waals surface area contributed by atoms with Crippen molar-refractivity contribution in [2.45, 2.75) is 40.0 Å². The Hall–Kier alpha value is -2.79. The molecule has 0 saturated heterocycles. The summed E-state index contributed by atoms with van der Waals surface area (Å²) in [6.07, 6.45) is 4.29. The van der Waals surface area contributed by atoms with Crippen LogP contribution in [0.3, 0.4) is 0 Å². The molecule has 3 rings (SSSR count). The summed E-state index contributed by atoms with van der Waals surface area (Å²) in [4.78, 5) is 14.1. The molecular formula is C27H35NO4. The fourth-order valence-corrected chi connectivity index (χ4v) is 3.99. The summed E-state index contributed by atoms with van der Waals surface area (Å²) in [6.45, 7) is 10.2. The van der Waals surface area contributed by atoms with Crippen molar-refractivity contribution in [1.82, 2.24) is 0 Å². The van der Waals surface area contributed by atoms with Crippen LogP contribution >= 0.6 is 0 Å². The molecule has 0 atom stereocenters. The minimum absolute atomic E-state index is 0.474. The molecule has 0 spiro atoms. The van der Waals surface area contributed by atoms with Crippen LogP contribution in [-0.4, -0.2) is 44.0 Å². The summed E-state index contributed by atoms with van der Waals surface area (Å²) in [7, 11) is 0. The van der Waals surface area contributed by atoms with Gasteiger partial charge in [0.05, 0.1) is 6.61 Å². The van der Waals surface area contributed by atoms with E-state index in [0.717, 1.165) is 60.7 Å². The molecule has 0 aromatic heterocycles. The maximum atomic E-state index is 11.7. The Bertz CT molecular complexity index is 918. The highest BCUT2D eigenvalue weighted by atomic mass is 16.5. The highest BCUT2D eigenvalue weighted by Crippen LogP contribution is 2.33. The first-order valence-electron chi connectivity index (χ1n) is 11.6. The van der Waals surface area contributed by atoms with Crippen molar-refractivity contribution >= 4 is 17.7 Å². The van der Waals surface area contributed by atoms with Gasteiger partial charge in [-0.15, -0.1) is 0 Å². The van der Waals surface area contributed by atoms with Gasteiger partial charge in [-0.3, -0.25) is 0 Å². The van der Waals surface area contributed by atoms with Gasteiger partial charge in [0.1, 0.15) is 12.4 Å². The number of fused-ring (bicyclic) bond motifs is 1. The number of benzene rings is 2. The second-order valence-corrected chi connectivity index (χ2v) is 8.68. The number of rotatable bonds is 10. The van der Waals surface area contributed by atoms with Crippen molar-refractivity contribution < 1.29 is 19.4 Å². The van der Waals surface area contributed by atoms with E-state index in [0.29, 0.717) is 31.1 Å². The summed E-state index contributed by atoms with van der Waals surface area (Å²) < 4.78 is 11.2. The Morgan fingerprint density at radius 1 is 1.06 bits per heavy atom. The smallest absolute Gasteiger partial charge is 0.331 e. The van der Waals surface area contributed by atoms with E-state index >= 15 is 0 Å². The van der Waals surface area contributed by atoms with Crippen LogP contribution in [0.5, 0.6) is 5.75 Å².